The second-order valence-corrected chi connectivity index (χ2v) is 2.62. The van der Waals surface area contributed by atoms with Crippen LogP contribution in [0.25, 0.3) is 5.57 Å². The molecule has 0 spiro atoms. The van der Waals surface area contributed by atoms with Gasteiger partial charge in [0.25, 0.3) is 0 Å². The third-order valence-corrected chi connectivity index (χ3v) is 1.62. The van der Waals surface area contributed by atoms with E-state index in [1.807, 2.05) is 6.92 Å². The predicted octanol–water partition coefficient (Wildman–Crippen LogP) is 2.87. The van der Waals surface area contributed by atoms with Gasteiger partial charge >= 0.3 is 0 Å². The maximum absolute atomic E-state index is 12.7. The van der Waals surface area contributed by atoms with E-state index in [0.717, 1.165) is 11.1 Å². The van der Waals surface area contributed by atoms with Gasteiger partial charge in [0, 0.05) is 11.6 Å². The highest BCUT2D eigenvalue weighted by Gasteiger charge is 2.03. The number of hydrogen-bond donors (Lipinski definition) is 0. The molecule has 64 valence electrons. The highest BCUT2D eigenvalue weighted by Crippen LogP contribution is 2.24. The van der Waals surface area contributed by atoms with Gasteiger partial charge in [-0.3, -0.25) is 0 Å². The van der Waals surface area contributed by atoms with Crippen LogP contribution in [0.1, 0.15) is 12.5 Å². The average Bonchev–Trinajstić information content (AvgIpc) is 2.03. The molecule has 2 heteroatoms. The minimum absolute atomic E-state index is 0.295. The average molecular weight is 166 g/mol. The largest absolute Gasteiger partial charge is 0.496 e. The van der Waals surface area contributed by atoms with Crippen molar-refractivity contribution >= 4 is 5.57 Å². The Balaban J connectivity index is 3.20. The van der Waals surface area contributed by atoms with Gasteiger partial charge in [0.1, 0.15) is 11.6 Å². The number of allylic oxidation sites excluding steroid dienone is 1. The summed E-state index contributed by atoms with van der Waals surface area (Å²) >= 11 is 0. The summed E-state index contributed by atoms with van der Waals surface area (Å²) in [6, 6.07) is 4.41. The molecule has 0 saturated heterocycles. The lowest BCUT2D eigenvalue weighted by molar-refractivity contribution is 0.410. The minimum Gasteiger partial charge on any atom is -0.496 e. The zero-order chi connectivity index (χ0) is 9.14. The van der Waals surface area contributed by atoms with E-state index in [1.165, 1.54) is 19.2 Å². The Kier molecular flexibility index (Phi) is 2.48. The van der Waals surface area contributed by atoms with E-state index < -0.39 is 0 Å². The Morgan fingerprint density at radius 3 is 2.67 bits per heavy atom. The molecule has 0 unspecified atom stereocenters. The summed E-state index contributed by atoms with van der Waals surface area (Å²) in [6.45, 7) is 5.62. The van der Waals surface area contributed by atoms with Crippen molar-refractivity contribution in [2.24, 2.45) is 0 Å². The first-order valence-corrected chi connectivity index (χ1v) is 3.64. The Morgan fingerprint density at radius 1 is 1.50 bits per heavy atom. The van der Waals surface area contributed by atoms with Crippen LogP contribution < -0.4 is 4.74 Å². The molecule has 0 radical (unpaired) electrons. The fourth-order valence-corrected chi connectivity index (χ4v) is 1.02. The molecule has 0 saturated carbocycles. The van der Waals surface area contributed by atoms with Crippen LogP contribution in [0.3, 0.4) is 0 Å². The third kappa shape index (κ3) is 1.64. The summed E-state index contributed by atoms with van der Waals surface area (Å²) in [5.74, 6) is 0.236. The van der Waals surface area contributed by atoms with Crippen LogP contribution in [-0.2, 0) is 0 Å². The van der Waals surface area contributed by atoms with Crippen molar-refractivity contribution in [1.29, 1.82) is 0 Å². The molecule has 1 nitrogen and oxygen atoms in total. The molecule has 0 atom stereocenters. The first kappa shape index (κ1) is 8.78. The fourth-order valence-electron chi connectivity index (χ4n) is 1.02. The molecular formula is C10H11FO. The molecule has 0 fully saturated rings. The van der Waals surface area contributed by atoms with Crippen LogP contribution in [0.5, 0.6) is 5.75 Å². The molecule has 0 aliphatic carbocycles. The first-order chi connectivity index (χ1) is 5.65. The van der Waals surface area contributed by atoms with E-state index >= 15 is 0 Å². The summed E-state index contributed by atoms with van der Waals surface area (Å²) in [5.41, 5.74) is 1.71. The number of halogens is 1. The Labute approximate surface area is 71.5 Å². The van der Waals surface area contributed by atoms with Gasteiger partial charge < -0.3 is 4.74 Å². The van der Waals surface area contributed by atoms with Crippen molar-refractivity contribution in [1.82, 2.24) is 0 Å². The molecule has 1 rings (SSSR count). The molecule has 0 N–H and O–H groups in total. The van der Waals surface area contributed by atoms with Crippen LogP contribution >= 0.6 is 0 Å². The topological polar surface area (TPSA) is 9.23 Å². The molecular weight excluding hydrogens is 155 g/mol. The highest BCUT2D eigenvalue weighted by atomic mass is 19.1. The first-order valence-electron chi connectivity index (χ1n) is 3.64. The van der Waals surface area contributed by atoms with Crippen LogP contribution in [0.15, 0.2) is 24.8 Å². The molecule has 12 heavy (non-hydrogen) atoms. The molecule has 0 heterocycles. The summed E-state index contributed by atoms with van der Waals surface area (Å²) in [6.07, 6.45) is 0. The van der Waals surface area contributed by atoms with Crippen molar-refractivity contribution in [3.63, 3.8) is 0 Å². The van der Waals surface area contributed by atoms with Crippen LogP contribution in [0.4, 0.5) is 4.39 Å². The van der Waals surface area contributed by atoms with E-state index in [9.17, 15) is 4.39 Å². The maximum atomic E-state index is 12.7. The molecule has 1 aromatic carbocycles. The van der Waals surface area contributed by atoms with Gasteiger partial charge in [-0.25, -0.2) is 4.39 Å². The van der Waals surface area contributed by atoms with Crippen molar-refractivity contribution in [3.05, 3.63) is 36.2 Å². The lowest BCUT2D eigenvalue weighted by atomic mass is 10.1. The summed E-state index contributed by atoms with van der Waals surface area (Å²) in [5, 5.41) is 0. The number of rotatable bonds is 2. The van der Waals surface area contributed by atoms with Crippen LogP contribution in [-0.4, -0.2) is 7.11 Å². The second-order valence-electron chi connectivity index (χ2n) is 2.62. The van der Waals surface area contributed by atoms with Gasteiger partial charge in [-0.1, -0.05) is 6.58 Å². The van der Waals surface area contributed by atoms with Gasteiger partial charge in [0.2, 0.25) is 0 Å². The number of ether oxygens (including phenoxy) is 1. The third-order valence-electron chi connectivity index (χ3n) is 1.62. The lowest BCUT2D eigenvalue weighted by Gasteiger charge is -2.07. The zero-order valence-electron chi connectivity index (χ0n) is 7.23. The van der Waals surface area contributed by atoms with Crippen molar-refractivity contribution in [2.45, 2.75) is 6.92 Å². The van der Waals surface area contributed by atoms with E-state index in [0.29, 0.717) is 5.75 Å². The summed E-state index contributed by atoms with van der Waals surface area (Å²) in [4.78, 5) is 0. The molecule has 0 aromatic heterocycles. The molecule has 0 amide bonds. The zero-order valence-corrected chi connectivity index (χ0v) is 7.23. The Morgan fingerprint density at radius 2 is 2.17 bits per heavy atom. The number of methoxy groups -OCH3 is 1. The van der Waals surface area contributed by atoms with Crippen molar-refractivity contribution in [2.75, 3.05) is 7.11 Å². The summed E-state index contributed by atoms with van der Waals surface area (Å²) < 4.78 is 17.7. The maximum Gasteiger partial charge on any atom is 0.129 e. The molecule has 0 bridgehead atoms. The summed E-state index contributed by atoms with van der Waals surface area (Å²) in [7, 11) is 1.52. The minimum atomic E-state index is -0.295. The van der Waals surface area contributed by atoms with Crippen LogP contribution in [0, 0.1) is 5.82 Å². The second kappa shape index (κ2) is 3.39. The number of benzene rings is 1. The van der Waals surface area contributed by atoms with Gasteiger partial charge in [0.05, 0.1) is 7.11 Å². The van der Waals surface area contributed by atoms with E-state index in [1.54, 1.807) is 6.07 Å². The van der Waals surface area contributed by atoms with Gasteiger partial charge in [0.15, 0.2) is 0 Å². The van der Waals surface area contributed by atoms with Gasteiger partial charge in [-0.15, -0.1) is 0 Å². The standard InChI is InChI=1S/C10H11FO/c1-7(2)9-5-4-8(11)6-10(9)12-3/h4-6H,1H2,2-3H3. The van der Waals surface area contributed by atoms with Crippen molar-refractivity contribution < 1.29 is 9.13 Å². The molecule has 1 aromatic rings. The van der Waals surface area contributed by atoms with E-state index in [-0.39, 0.29) is 5.82 Å². The highest BCUT2D eigenvalue weighted by molar-refractivity contribution is 5.66. The lowest BCUT2D eigenvalue weighted by Crippen LogP contribution is -1.90. The SMILES string of the molecule is C=C(C)c1ccc(F)cc1OC. The Bertz CT molecular complexity index is 305. The monoisotopic (exact) mass is 166 g/mol. The normalized spacial score (nSPS) is 9.58. The molecule has 0 aliphatic heterocycles. The van der Waals surface area contributed by atoms with E-state index in [2.05, 4.69) is 6.58 Å². The predicted molar refractivity (Wildman–Crippen MR) is 47.7 cm³/mol. The van der Waals surface area contributed by atoms with Crippen LogP contribution in [0.2, 0.25) is 0 Å². The fraction of sp³-hybridized carbons (Fsp3) is 0.200. The Hall–Kier alpha value is -1.31. The van der Waals surface area contributed by atoms with Gasteiger partial charge in [-0.05, 0) is 24.6 Å². The number of hydrogen-bond acceptors (Lipinski definition) is 1. The van der Waals surface area contributed by atoms with Crippen molar-refractivity contribution in [3.8, 4) is 5.75 Å². The molecule has 0 aliphatic rings. The van der Waals surface area contributed by atoms with E-state index in [4.69, 9.17) is 4.74 Å². The smallest absolute Gasteiger partial charge is 0.129 e. The quantitative estimate of drug-likeness (QED) is 0.656. The van der Waals surface area contributed by atoms with Gasteiger partial charge in [-0.2, -0.15) is 0 Å².